The van der Waals surface area contributed by atoms with E-state index in [1.54, 1.807) is 16.0 Å². The van der Waals surface area contributed by atoms with Gasteiger partial charge in [0.15, 0.2) is 0 Å². The maximum atomic E-state index is 12.4. The summed E-state index contributed by atoms with van der Waals surface area (Å²) in [5.74, 6) is 0.417. The highest BCUT2D eigenvalue weighted by Crippen LogP contribution is 2.26. The zero-order valence-corrected chi connectivity index (χ0v) is 14.8. The molecule has 0 N–H and O–H groups in total. The second-order valence-electron chi connectivity index (χ2n) is 6.87. The Morgan fingerprint density at radius 1 is 1.12 bits per heavy atom. The van der Waals surface area contributed by atoms with E-state index in [0.717, 1.165) is 6.42 Å². The van der Waals surface area contributed by atoms with Gasteiger partial charge in [-0.25, -0.2) is 4.98 Å². The molecule has 2 unspecified atom stereocenters. The van der Waals surface area contributed by atoms with Gasteiger partial charge in [0.05, 0.1) is 12.3 Å². The quantitative estimate of drug-likeness (QED) is 0.823. The number of amides is 2. The van der Waals surface area contributed by atoms with E-state index in [-0.39, 0.29) is 24.5 Å². The first-order chi connectivity index (χ1) is 12.1. The number of ether oxygens (including phenoxy) is 1. The van der Waals surface area contributed by atoms with Crippen LogP contribution in [0.3, 0.4) is 0 Å². The molecule has 3 rings (SSSR count). The molecule has 0 bridgehead atoms. The number of nitrogens with zero attached hydrogens (tertiary/aromatic N) is 4. The summed E-state index contributed by atoms with van der Waals surface area (Å²) in [5.41, 5.74) is 0.344. The molecule has 2 fully saturated rings. The molecule has 25 heavy (non-hydrogen) atoms. The smallest absolute Gasteiger partial charge is 0.274 e. The minimum atomic E-state index is -0.132. The van der Waals surface area contributed by atoms with Crippen LogP contribution in [0.25, 0.3) is 0 Å². The second kappa shape index (κ2) is 8.38. The van der Waals surface area contributed by atoms with E-state index in [1.807, 2.05) is 0 Å². The van der Waals surface area contributed by atoms with Gasteiger partial charge in [-0.3, -0.25) is 14.6 Å². The average molecular weight is 346 g/mol. The lowest BCUT2D eigenvalue weighted by atomic mass is 9.88. The van der Waals surface area contributed by atoms with E-state index in [0.29, 0.717) is 37.8 Å². The van der Waals surface area contributed by atoms with Crippen LogP contribution in [0, 0.1) is 5.92 Å². The Morgan fingerprint density at radius 3 is 2.52 bits per heavy atom. The lowest BCUT2D eigenvalue weighted by Gasteiger charge is -2.35. The van der Waals surface area contributed by atoms with E-state index in [9.17, 15) is 9.59 Å². The van der Waals surface area contributed by atoms with Crippen molar-refractivity contribution in [1.82, 2.24) is 19.8 Å². The zero-order chi connectivity index (χ0) is 17.6. The van der Waals surface area contributed by atoms with Gasteiger partial charge in [0.2, 0.25) is 5.91 Å². The summed E-state index contributed by atoms with van der Waals surface area (Å²) in [4.78, 5) is 36.2. The van der Waals surface area contributed by atoms with Crippen LogP contribution in [0.5, 0.6) is 0 Å². The van der Waals surface area contributed by atoms with Gasteiger partial charge in [0.1, 0.15) is 12.3 Å². The molecule has 7 nitrogen and oxygen atoms in total. The van der Waals surface area contributed by atoms with Crippen molar-refractivity contribution in [3.05, 3.63) is 24.3 Å². The number of aromatic nitrogens is 2. The van der Waals surface area contributed by atoms with Crippen molar-refractivity contribution in [2.75, 3.05) is 32.8 Å². The first kappa shape index (κ1) is 17.8. The van der Waals surface area contributed by atoms with Crippen molar-refractivity contribution in [3.8, 4) is 0 Å². The first-order valence-electron chi connectivity index (χ1n) is 9.10. The van der Waals surface area contributed by atoms with Crippen molar-refractivity contribution in [3.63, 3.8) is 0 Å². The monoisotopic (exact) mass is 346 g/mol. The van der Waals surface area contributed by atoms with Crippen molar-refractivity contribution < 1.29 is 14.3 Å². The van der Waals surface area contributed by atoms with Gasteiger partial charge >= 0.3 is 0 Å². The molecule has 1 saturated heterocycles. The first-order valence-corrected chi connectivity index (χ1v) is 9.10. The molecule has 2 aliphatic rings. The van der Waals surface area contributed by atoms with Crippen LogP contribution in [0.2, 0.25) is 0 Å². The Hall–Kier alpha value is -2.02. The molecule has 1 aliphatic heterocycles. The van der Waals surface area contributed by atoms with E-state index in [4.69, 9.17) is 4.74 Å². The predicted octanol–water partition coefficient (Wildman–Crippen LogP) is 1.36. The Morgan fingerprint density at radius 2 is 1.84 bits per heavy atom. The Kier molecular flexibility index (Phi) is 5.96. The molecule has 2 amide bonds. The van der Waals surface area contributed by atoms with Gasteiger partial charge in [-0.15, -0.1) is 0 Å². The Balaban J connectivity index is 1.44. The van der Waals surface area contributed by atoms with E-state index in [2.05, 4.69) is 16.9 Å². The summed E-state index contributed by atoms with van der Waals surface area (Å²) in [6.45, 7) is 4.45. The van der Waals surface area contributed by atoms with E-state index >= 15 is 0 Å². The minimum absolute atomic E-state index is 0.0179. The highest BCUT2D eigenvalue weighted by molar-refractivity contribution is 5.92. The third kappa shape index (κ3) is 4.54. The number of carbonyl (C=O) groups is 2. The molecule has 1 aliphatic carbocycles. The van der Waals surface area contributed by atoms with Gasteiger partial charge < -0.3 is 14.5 Å². The zero-order valence-electron chi connectivity index (χ0n) is 14.8. The summed E-state index contributed by atoms with van der Waals surface area (Å²) < 4.78 is 5.86. The molecular weight excluding hydrogens is 320 g/mol. The van der Waals surface area contributed by atoms with Crippen molar-refractivity contribution >= 4 is 11.8 Å². The van der Waals surface area contributed by atoms with Crippen LogP contribution >= 0.6 is 0 Å². The van der Waals surface area contributed by atoms with Gasteiger partial charge in [0.25, 0.3) is 5.91 Å². The summed E-state index contributed by atoms with van der Waals surface area (Å²) in [5, 5.41) is 0. The molecule has 1 aromatic heterocycles. The number of hydrogen-bond donors (Lipinski definition) is 0. The van der Waals surface area contributed by atoms with Crippen molar-refractivity contribution in [1.29, 1.82) is 0 Å². The highest BCUT2D eigenvalue weighted by Gasteiger charge is 2.27. The summed E-state index contributed by atoms with van der Waals surface area (Å²) >= 11 is 0. The number of hydrogen-bond acceptors (Lipinski definition) is 5. The molecule has 0 radical (unpaired) electrons. The predicted molar refractivity (Wildman–Crippen MR) is 91.9 cm³/mol. The van der Waals surface area contributed by atoms with Gasteiger partial charge in [-0.05, 0) is 18.8 Å². The maximum absolute atomic E-state index is 12.4. The highest BCUT2D eigenvalue weighted by atomic mass is 16.5. The maximum Gasteiger partial charge on any atom is 0.274 e. The van der Waals surface area contributed by atoms with E-state index in [1.165, 1.54) is 31.7 Å². The van der Waals surface area contributed by atoms with Gasteiger partial charge in [-0.2, -0.15) is 0 Å². The topological polar surface area (TPSA) is 75.6 Å². The fraction of sp³-hybridized carbons (Fsp3) is 0.667. The fourth-order valence-electron chi connectivity index (χ4n) is 3.53. The third-order valence-corrected chi connectivity index (χ3v) is 5.16. The SMILES string of the molecule is CC1CCCCC1OCC(=O)N1CCN(C(=O)c2cnccn2)CC1. The Bertz CT molecular complexity index is 587. The summed E-state index contributed by atoms with van der Waals surface area (Å²) in [7, 11) is 0. The summed E-state index contributed by atoms with van der Waals surface area (Å²) in [6, 6.07) is 0. The van der Waals surface area contributed by atoms with Gasteiger partial charge in [0, 0.05) is 38.6 Å². The molecule has 0 spiro atoms. The molecule has 2 atom stereocenters. The minimum Gasteiger partial charge on any atom is -0.368 e. The number of rotatable bonds is 4. The normalized spacial score (nSPS) is 24.2. The second-order valence-corrected chi connectivity index (χ2v) is 6.87. The van der Waals surface area contributed by atoms with Crippen LogP contribution < -0.4 is 0 Å². The van der Waals surface area contributed by atoms with Crippen LogP contribution in [0.4, 0.5) is 0 Å². The van der Waals surface area contributed by atoms with Crippen LogP contribution in [-0.2, 0) is 9.53 Å². The molecule has 2 heterocycles. The van der Waals surface area contributed by atoms with Crippen LogP contribution in [-0.4, -0.2) is 70.5 Å². The lowest BCUT2D eigenvalue weighted by molar-refractivity contribution is -0.141. The summed E-state index contributed by atoms with van der Waals surface area (Å²) in [6.07, 6.45) is 9.41. The molecule has 136 valence electrons. The molecule has 1 saturated carbocycles. The van der Waals surface area contributed by atoms with Crippen molar-refractivity contribution in [2.24, 2.45) is 5.92 Å². The van der Waals surface area contributed by atoms with Crippen molar-refractivity contribution in [2.45, 2.75) is 38.7 Å². The van der Waals surface area contributed by atoms with Gasteiger partial charge in [-0.1, -0.05) is 19.8 Å². The standard InChI is InChI=1S/C18H26N4O3/c1-14-4-2-3-5-16(14)25-13-17(23)21-8-10-22(11-9-21)18(24)15-12-19-6-7-20-15/h6-7,12,14,16H,2-5,8-11,13H2,1H3. The third-order valence-electron chi connectivity index (χ3n) is 5.16. The fourth-order valence-corrected chi connectivity index (χ4v) is 3.53. The molecule has 0 aromatic carbocycles. The number of carbonyl (C=O) groups excluding carboxylic acids is 2. The molecule has 1 aromatic rings. The average Bonchev–Trinajstić information content (AvgIpc) is 2.67. The van der Waals surface area contributed by atoms with E-state index < -0.39 is 0 Å². The largest absolute Gasteiger partial charge is 0.368 e. The Labute approximate surface area is 148 Å². The molecular formula is C18H26N4O3. The number of piperazine rings is 1. The van der Waals surface area contributed by atoms with Crippen LogP contribution in [0.1, 0.15) is 43.1 Å². The van der Waals surface area contributed by atoms with Crippen LogP contribution in [0.15, 0.2) is 18.6 Å². The lowest BCUT2D eigenvalue weighted by Crippen LogP contribution is -2.51. The molecule has 7 heteroatoms.